The van der Waals surface area contributed by atoms with E-state index in [1.165, 1.54) is 30.1 Å². The zero-order valence-electron chi connectivity index (χ0n) is 14.3. The zero-order valence-corrected chi connectivity index (χ0v) is 15.2. The Morgan fingerprint density at radius 1 is 1.38 bits per heavy atom. The first-order chi connectivity index (χ1) is 12.4. The van der Waals surface area contributed by atoms with Crippen molar-refractivity contribution in [2.45, 2.75) is 36.9 Å². The first-order valence-electron chi connectivity index (χ1n) is 8.53. The predicted molar refractivity (Wildman–Crippen MR) is 94.3 cm³/mol. The van der Waals surface area contributed by atoms with Crippen molar-refractivity contribution in [2.75, 3.05) is 18.8 Å². The standard InChI is InChI=1S/C18H20F3N3OS/c1-2-9-26-16-14(10-22-23-16)17(25)24-8-7-12(11-24)13-5-3-4-6-15(13)18(19,20)21/h3-6,10,12H,2,7-9,11H2,1H3,(H,22,23). The van der Waals surface area contributed by atoms with Gasteiger partial charge in [-0.25, -0.2) is 0 Å². The summed E-state index contributed by atoms with van der Waals surface area (Å²) in [6, 6.07) is 5.63. The van der Waals surface area contributed by atoms with Crippen LogP contribution >= 0.6 is 11.8 Å². The van der Waals surface area contributed by atoms with Crippen LogP contribution < -0.4 is 0 Å². The lowest BCUT2D eigenvalue weighted by molar-refractivity contribution is -0.138. The first kappa shape index (κ1) is 18.8. The summed E-state index contributed by atoms with van der Waals surface area (Å²) in [6.45, 7) is 2.78. The molecule has 1 atom stereocenters. The highest BCUT2D eigenvalue weighted by Crippen LogP contribution is 2.38. The van der Waals surface area contributed by atoms with Gasteiger partial charge >= 0.3 is 6.18 Å². The smallest absolute Gasteiger partial charge is 0.338 e. The third-order valence-corrected chi connectivity index (χ3v) is 5.68. The lowest BCUT2D eigenvalue weighted by Gasteiger charge is -2.19. The van der Waals surface area contributed by atoms with Crippen molar-refractivity contribution in [3.8, 4) is 0 Å². The summed E-state index contributed by atoms with van der Waals surface area (Å²) < 4.78 is 39.8. The van der Waals surface area contributed by atoms with E-state index in [4.69, 9.17) is 0 Å². The summed E-state index contributed by atoms with van der Waals surface area (Å²) in [5.74, 6) is 0.379. The van der Waals surface area contributed by atoms with Crippen LogP contribution in [0.25, 0.3) is 0 Å². The summed E-state index contributed by atoms with van der Waals surface area (Å²) in [4.78, 5) is 14.4. The monoisotopic (exact) mass is 383 g/mol. The van der Waals surface area contributed by atoms with E-state index >= 15 is 0 Å². The fraction of sp³-hybridized carbons (Fsp3) is 0.444. The number of alkyl halides is 3. The van der Waals surface area contributed by atoms with Gasteiger partial charge in [0, 0.05) is 19.0 Å². The molecule has 0 saturated carbocycles. The molecular formula is C18H20F3N3OS. The van der Waals surface area contributed by atoms with E-state index in [1.807, 2.05) is 6.92 Å². The average molecular weight is 383 g/mol. The number of rotatable bonds is 5. The Bertz CT molecular complexity index is 775. The van der Waals surface area contributed by atoms with Gasteiger partial charge in [-0.2, -0.15) is 18.3 Å². The maximum atomic E-state index is 13.3. The van der Waals surface area contributed by atoms with Crippen molar-refractivity contribution in [1.82, 2.24) is 15.1 Å². The summed E-state index contributed by atoms with van der Waals surface area (Å²) in [5.41, 5.74) is 0.151. The van der Waals surface area contributed by atoms with Crippen LogP contribution in [0.15, 0.2) is 35.5 Å². The van der Waals surface area contributed by atoms with Crippen LogP contribution in [0.1, 0.15) is 47.2 Å². The van der Waals surface area contributed by atoms with E-state index in [9.17, 15) is 18.0 Å². The van der Waals surface area contributed by atoms with Gasteiger partial charge in [0.15, 0.2) is 0 Å². The average Bonchev–Trinajstić information content (AvgIpc) is 3.28. The maximum Gasteiger partial charge on any atom is 0.416 e. The van der Waals surface area contributed by atoms with E-state index in [0.29, 0.717) is 18.5 Å². The van der Waals surface area contributed by atoms with Crippen LogP contribution in [0.5, 0.6) is 0 Å². The highest BCUT2D eigenvalue weighted by molar-refractivity contribution is 7.99. The number of carbonyl (C=O) groups is 1. The Kier molecular flexibility index (Phi) is 5.60. The number of likely N-dealkylation sites (tertiary alicyclic amines) is 1. The van der Waals surface area contributed by atoms with Gasteiger partial charge < -0.3 is 4.90 Å². The number of benzene rings is 1. The van der Waals surface area contributed by atoms with Crippen LogP contribution in [0, 0.1) is 0 Å². The minimum absolute atomic E-state index is 0.177. The van der Waals surface area contributed by atoms with Crippen molar-refractivity contribution in [3.05, 3.63) is 47.2 Å². The second-order valence-corrected chi connectivity index (χ2v) is 7.39. The zero-order chi connectivity index (χ0) is 18.7. The molecule has 1 aromatic heterocycles. The molecule has 1 unspecified atom stereocenters. The number of H-pyrrole nitrogens is 1. The Morgan fingerprint density at radius 2 is 2.15 bits per heavy atom. The molecular weight excluding hydrogens is 363 g/mol. The molecule has 0 spiro atoms. The molecule has 2 aromatic rings. The quantitative estimate of drug-likeness (QED) is 0.770. The fourth-order valence-corrected chi connectivity index (χ4v) is 4.04. The van der Waals surface area contributed by atoms with Gasteiger partial charge in [-0.15, -0.1) is 11.8 Å². The van der Waals surface area contributed by atoms with Gasteiger partial charge in [-0.05, 0) is 30.2 Å². The molecule has 4 nitrogen and oxygen atoms in total. The van der Waals surface area contributed by atoms with E-state index in [1.54, 1.807) is 11.0 Å². The second kappa shape index (κ2) is 7.73. The van der Waals surface area contributed by atoms with Crippen molar-refractivity contribution < 1.29 is 18.0 Å². The third-order valence-electron chi connectivity index (χ3n) is 4.47. The van der Waals surface area contributed by atoms with Crippen molar-refractivity contribution in [2.24, 2.45) is 0 Å². The molecule has 1 aromatic carbocycles. The van der Waals surface area contributed by atoms with Crippen LogP contribution in [-0.2, 0) is 6.18 Å². The molecule has 3 rings (SSSR count). The summed E-state index contributed by atoms with van der Waals surface area (Å²) in [5, 5.41) is 7.50. The van der Waals surface area contributed by atoms with E-state index < -0.39 is 11.7 Å². The topological polar surface area (TPSA) is 49.0 Å². The fourth-order valence-electron chi connectivity index (χ4n) is 3.22. The lowest BCUT2D eigenvalue weighted by atomic mass is 9.93. The number of aromatic nitrogens is 2. The van der Waals surface area contributed by atoms with E-state index in [-0.39, 0.29) is 23.9 Å². The van der Waals surface area contributed by atoms with Crippen molar-refractivity contribution in [3.63, 3.8) is 0 Å². The van der Waals surface area contributed by atoms with Gasteiger partial charge in [0.2, 0.25) is 0 Å². The molecule has 1 fully saturated rings. The van der Waals surface area contributed by atoms with Gasteiger partial charge in [-0.1, -0.05) is 25.1 Å². The number of amides is 1. The SMILES string of the molecule is CCCSc1[nH]ncc1C(=O)N1CCC(c2ccccc2C(F)(F)F)C1. The predicted octanol–water partition coefficient (Wildman–Crippen LogP) is 4.56. The lowest BCUT2D eigenvalue weighted by Crippen LogP contribution is -2.28. The van der Waals surface area contributed by atoms with Gasteiger partial charge in [0.1, 0.15) is 5.03 Å². The number of nitrogens with zero attached hydrogens (tertiary/aromatic N) is 2. The van der Waals surface area contributed by atoms with Crippen LogP contribution in [0.3, 0.4) is 0 Å². The molecule has 8 heteroatoms. The minimum atomic E-state index is -4.39. The third kappa shape index (κ3) is 3.90. The normalized spacial score (nSPS) is 17.7. The Balaban J connectivity index is 1.76. The highest BCUT2D eigenvalue weighted by atomic mass is 32.2. The van der Waals surface area contributed by atoms with Gasteiger partial charge in [0.05, 0.1) is 17.3 Å². The number of hydrogen-bond acceptors (Lipinski definition) is 3. The van der Waals surface area contributed by atoms with Crippen molar-refractivity contribution in [1.29, 1.82) is 0 Å². The highest BCUT2D eigenvalue weighted by Gasteiger charge is 2.37. The van der Waals surface area contributed by atoms with Crippen LogP contribution in [0.2, 0.25) is 0 Å². The Hall–Kier alpha value is -1.96. The summed E-state index contributed by atoms with van der Waals surface area (Å²) in [7, 11) is 0. The molecule has 1 saturated heterocycles. The summed E-state index contributed by atoms with van der Waals surface area (Å²) in [6.07, 6.45) is -1.40. The number of nitrogens with one attached hydrogen (secondary N) is 1. The molecule has 140 valence electrons. The first-order valence-corrected chi connectivity index (χ1v) is 9.52. The molecule has 0 aliphatic carbocycles. The molecule has 1 N–H and O–H groups in total. The molecule has 1 aliphatic heterocycles. The van der Waals surface area contributed by atoms with Gasteiger partial charge in [0.25, 0.3) is 5.91 Å². The minimum Gasteiger partial charge on any atom is -0.338 e. The molecule has 0 radical (unpaired) electrons. The molecule has 2 heterocycles. The van der Waals surface area contributed by atoms with E-state index in [0.717, 1.165) is 23.3 Å². The van der Waals surface area contributed by atoms with Crippen LogP contribution in [0.4, 0.5) is 13.2 Å². The number of halogens is 3. The second-order valence-electron chi connectivity index (χ2n) is 6.28. The molecule has 26 heavy (non-hydrogen) atoms. The van der Waals surface area contributed by atoms with Crippen LogP contribution in [-0.4, -0.2) is 39.8 Å². The number of carbonyl (C=O) groups excluding carboxylic acids is 1. The van der Waals surface area contributed by atoms with Gasteiger partial charge in [-0.3, -0.25) is 9.89 Å². The number of hydrogen-bond donors (Lipinski definition) is 1. The number of aromatic amines is 1. The Morgan fingerprint density at radius 3 is 2.88 bits per heavy atom. The summed E-state index contributed by atoms with van der Waals surface area (Å²) >= 11 is 1.53. The molecule has 1 aliphatic rings. The molecule has 0 bridgehead atoms. The maximum absolute atomic E-state index is 13.3. The number of thioether (sulfide) groups is 1. The Labute approximate surface area is 154 Å². The van der Waals surface area contributed by atoms with Crippen molar-refractivity contribution >= 4 is 17.7 Å². The molecule has 1 amide bonds. The largest absolute Gasteiger partial charge is 0.416 e. The van der Waals surface area contributed by atoms with E-state index in [2.05, 4.69) is 10.2 Å².